The standard InChI is InChI=1S/C11H16N3O3P/c1-16-9-5-6-10-8(7-9)3-2-4-11(10)14-17-18(12,13)15/h5-7H,2-4H2,1H3,(H4,12,13,15). The van der Waals surface area contributed by atoms with Crippen molar-refractivity contribution in [3.05, 3.63) is 29.3 Å². The Morgan fingerprint density at radius 2 is 2.11 bits per heavy atom. The van der Waals surface area contributed by atoms with E-state index in [0.29, 0.717) is 0 Å². The summed E-state index contributed by atoms with van der Waals surface area (Å²) >= 11 is 0. The summed E-state index contributed by atoms with van der Waals surface area (Å²) in [5.74, 6) is 0.805. The van der Waals surface area contributed by atoms with Crippen LogP contribution in [0.25, 0.3) is 0 Å². The first-order valence-corrected chi connectivity index (χ1v) is 7.36. The monoisotopic (exact) mass is 269 g/mol. The van der Waals surface area contributed by atoms with Crippen LogP contribution in [0.3, 0.4) is 0 Å². The van der Waals surface area contributed by atoms with E-state index in [4.69, 9.17) is 15.7 Å². The number of oxime groups is 1. The molecule has 0 spiro atoms. The highest BCUT2D eigenvalue weighted by atomic mass is 31.2. The zero-order valence-corrected chi connectivity index (χ0v) is 11.0. The largest absolute Gasteiger partial charge is 0.497 e. The van der Waals surface area contributed by atoms with E-state index in [9.17, 15) is 4.57 Å². The van der Waals surface area contributed by atoms with Crippen molar-refractivity contribution >= 4 is 13.4 Å². The molecule has 0 aliphatic heterocycles. The third-order valence-electron chi connectivity index (χ3n) is 2.76. The second-order valence-corrected chi connectivity index (χ2v) is 5.60. The number of aryl methyl sites for hydroxylation is 1. The van der Waals surface area contributed by atoms with Gasteiger partial charge in [0.15, 0.2) is 0 Å². The second kappa shape index (κ2) is 5.10. The topological polar surface area (TPSA) is 99.9 Å². The summed E-state index contributed by atoms with van der Waals surface area (Å²) in [6.45, 7) is 0. The molecule has 1 aliphatic carbocycles. The van der Waals surface area contributed by atoms with Gasteiger partial charge in [0, 0.05) is 5.56 Å². The van der Waals surface area contributed by atoms with Crippen molar-refractivity contribution in [2.24, 2.45) is 16.2 Å². The van der Waals surface area contributed by atoms with E-state index in [1.54, 1.807) is 7.11 Å². The minimum absolute atomic E-state index is 0.718. The first-order valence-electron chi connectivity index (χ1n) is 5.60. The number of fused-ring (bicyclic) bond motifs is 1. The number of methoxy groups -OCH3 is 1. The quantitative estimate of drug-likeness (QED) is 0.643. The Morgan fingerprint density at radius 1 is 1.33 bits per heavy atom. The number of ether oxygens (including phenoxy) is 1. The molecule has 7 heteroatoms. The van der Waals surface area contributed by atoms with Gasteiger partial charge in [0.25, 0.3) is 0 Å². The number of nitrogens with two attached hydrogens (primary N) is 2. The summed E-state index contributed by atoms with van der Waals surface area (Å²) in [5.41, 5.74) is 13.0. The van der Waals surface area contributed by atoms with E-state index in [-0.39, 0.29) is 0 Å². The zero-order valence-electron chi connectivity index (χ0n) is 10.1. The molecule has 98 valence electrons. The lowest BCUT2D eigenvalue weighted by Gasteiger charge is -2.18. The summed E-state index contributed by atoms with van der Waals surface area (Å²) in [6.07, 6.45) is 2.65. The Labute approximate surface area is 105 Å². The van der Waals surface area contributed by atoms with E-state index in [1.165, 1.54) is 0 Å². The molecule has 1 aliphatic rings. The molecule has 0 unspecified atom stereocenters. The Morgan fingerprint density at radius 3 is 2.78 bits per heavy atom. The molecule has 4 N–H and O–H groups in total. The first kappa shape index (κ1) is 13.1. The first-order chi connectivity index (χ1) is 8.49. The molecular formula is C11H16N3O3P. The van der Waals surface area contributed by atoms with Gasteiger partial charge in [-0.25, -0.2) is 15.6 Å². The van der Waals surface area contributed by atoms with E-state index < -0.39 is 7.67 Å². The van der Waals surface area contributed by atoms with Gasteiger partial charge < -0.3 is 9.36 Å². The van der Waals surface area contributed by atoms with Gasteiger partial charge in [-0.2, -0.15) is 0 Å². The van der Waals surface area contributed by atoms with E-state index in [0.717, 1.165) is 41.9 Å². The molecule has 0 radical (unpaired) electrons. The molecule has 0 saturated carbocycles. The number of rotatable bonds is 3. The Balaban J connectivity index is 2.31. The van der Waals surface area contributed by atoms with Crippen LogP contribution < -0.4 is 15.7 Å². The fourth-order valence-corrected chi connectivity index (χ4v) is 2.20. The van der Waals surface area contributed by atoms with Gasteiger partial charge >= 0.3 is 7.67 Å². The third-order valence-corrected chi connectivity index (χ3v) is 3.10. The van der Waals surface area contributed by atoms with Crippen LogP contribution >= 0.6 is 7.67 Å². The van der Waals surface area contributed by atoms with Crippen LogP contribution in [0.5, 0.6) is 5.75 Å². The fourth-order valence-electron chi connectivity index (χ4n) is 1.97. The second-order valence-electron chi connectivity index (χ2n) is 4.14. The molecule has 0 saturated heterocycles. The van der Waals surface area contributed by atoms with Crippen LogP contribution in [0.4, 0.5) is 0 Å². The minimum atomic E-state index is -3.57. The Hall–Kier alpha value is -1.36. The van der Waals surface area contributed by atoms with Crippen molar-refractivity contribution < 1.29 is 13.9 Å². The molecular weight excluding hydrogens is 253 g/mol. The summed E-state index contributed by atoms with van der Waals surface area (Å²) in [6, 6.07) is 5.73. The van der Waals surface area contributed by atoms with Crippen molar-refractivity contribution in [2.45, 2.75) is 19.3 Å². The fraction of sp³-hybridized carbons (Fsp3) is 0.364. The van der Waals surface area contributed by atoms with Gasteiger partial charge in [-0.3, -0.25) is 0 Å². The molecule has 6 nitrogen and oxygen atoms in total. The molecule has 0 heterocycles. The summed E-state index contributed by atoms with van der Waals surface area (Å²) < 4.78 is 20.9. The van der Waals surface area contributed by atoms with Gasteiger partial charge in [0.05, 0.1) is 12.8 Å². The van der Waals surface area contributed by atoms with E-state index in [1.807, 2.05) is 18.2 Å². The highest BCUT2D eigenvalue weighted by Crippen LogP contribution is 2.30. The van der Waals surface area contributed by atoms with Gasteiger partial charge in [0.1, 0.15) is 5.75 Å². The molecule has 0 bridgehead atoms. The lowest BCUT2D eigenvalue weighted by Crippen LogP contribution is -2.14. The molecule has 0 amide bonds. The minimum Gasteiger partial charge on any atom is -0.497 e. The predicted octanol–water partition coefficient (Wildman–Crippen LogP) is 1.78. The highest BCUT2D eigenvalue weighted by molar-refractivity contribution is 7.53. The maximum Gasteiger partial charge on any atom is 0.405 e. The molecule has 2 rings (SSSR count). The van der Waals surface area contributed by atoms with Crippen LogP contribution in [-0.2, 0) is 15.6 Å². The number of benzene rings is 1. The molecule has 1 aromatic rings. The molecule has 1 aromatic carbocycles. The van der Waals surface area contributed by atoms with Gasteiger partial charge in [-0.15, -0.1) is 0 Å². The average molecular weight is 269 g/mol. The van der Waals surface area contributed by atoms with Crippen LogP contribution in [0.2, 0.25) is 0 Å². The lowest BCUT2D eigenvalue weighted by molar-refractivity contribution is 0.333. The number of nitrogens with zero attached hydrogens (tertiary/aromatic N) is 1. The summed E-state index contributed by atoms with van der Waals surface area (Å²) in [4.78, 5) is 0. The predicted molar refractivity (Wildman–Crippen MR) is 69.5 cm³/mol. The summed E-state index contributed by atoms with van der Waals surface area (Å²) in [5, 5.41) is 3.81. The zero-order chi connectivity index (χ0) is 13.2. The van der Waals surface area contributed by atoms with E-state index in [2.05, 4.69) is 9.78 Å². The van der Waals surface area contributed by atoms with Crippen molar-refractivity contribution in [3.8, 4) is 5.75 Å². The Kier molecular flexibility index (Phi) is 3.71. The van der Waals surface area contributed by atoms with Crippen LogP contribution in [-0.4, -0.2) is 12.8 Å². The van der Waals surface area contributed by atoms with Crippen molar-refractivity contribution in [1.29, 1.82) is 0 Å². The maximum absolute atomic E-state index is 11.1. The van der Waals surface area contributed by atoms with Crippen molar-refractivity contribution in [2.75, 3.05) is 7.11 Å². The van der Waals surface area contributed by atoms with Crippen LogP contribution in [0.1, 0.15) is 24.0 Å². The molecule has 0 atom stereocenters. The summed E-state index contributed by atoms with van der Waals surface area (Å²) in [7, 11) is -1.94. The smallest absolute Gasteiger partial charge is 0.405 e. The lowest BCUT2D eigenvalue weighted by atomic mass is 9.90. The van der Waals surface area contributed by atoms with Gasteiger partial charge in [-0.05, 0) is 43.0 Å². The SMILES string of the molecule is COc1ccc2c(c1)CCCC2=NOP(N)(N)=O. The third kappa shape index (κ3) is 3.10. The maximum atomic E-state index is 11.1. The highest BCUT2D eigenvalue weighted by Gasteiger charge is 2.18. The molecule has 0 aromatic heterocycles. The van der Waals surface area contributed by atoms with Crippen LogP contribution in [0.15, 0.2) is 23.4 Å². The van der Waals surface area contributed by atoms with E-state index >= 15 is 0 Å². The van der Waals surface area contributed by atoms with Crippen molar-refractivity contribution in [1.82, 2.24) is 0 Å². The number of hydrogen-bond acceptors (Lipinski definition) is 4. The number of hydrogen-bond donors (Lipinski definition) is 2. The van der Waals surface area contributed by atoms with Gasteiger partial charge in [0.2, 0.25) is 0 Å². The van der Waals surface area contributed by atoms with Gasteiger partial charge in [-0.1, -0.05) is 5.16 Å². The average Bonchev–Trinajstić information content (AvgIpc) is 2.34. The molecule has 0 fully saturated rings. The molecule has 18 heavy (non-hydrogen) atoms. The van der Waals surface area contributed by atoms with Crippen molar-refractivity contribution in [3.63, 3.8) is 0 Å². The normalized spacial score (nSPS) is 17.4. The van der Waals surface area contributed by atoms with Crippen LogP contribution in [0, 0.1) is 0 Å². The Bertz CT molecular complexity index is 524.